The Balaban J connectivity index is 1.31. The third-order valence-electron chi connectivity index (χ3n) is 6.19. The molecule has 1 unspecified atom stereocenters. The molecule has 6 nitrogen and oxygen atoms in total. The Bertz CT molecular complexity index is 1420. The van der Waals surface area contributed by atoms with Crippen molar-refractivity contribution < 1.29 is 23.5 Å². The number of fused-ring (bicyclic) bond motifs is 4. The van der Waals surface area contributed by atoms with E-state index in [0.29, 0.717) is 24.1 Å². The summed E-state index contributed by atoms with van der Waals surface area (Å²) in [6.07, 6.45) is 1.37. The average molecular weight is 441 g/mol. The van der Waals surface area contributed by atoms with Gasteiger partial charge in [0.25, 0.3) is 0 Å². The van der Waals surface area contributed by atoms with E-state index in [-0.39, 0.29) is 18.1 Å². The Kier molecular flexibility index (Phi) is 5.21. The van der Waals surface area contributed by atoms with Crippen LogP contribution in [0.5, 0.6) is 0 Å². The monoisotopic (exact) mass is 441 g/mol. The maximum atomic E-state index is 12.9. The molecule has 2 heterocycles. The molecule has 0 spiro atoms. The molecule has 4 aromatic rings. The van der Waals surface area contributed by atoms with Crippen LogP contribution in [0.2, 0.25) is 0 Å². The molecule has 5 rings (SSSR count). The van der Waals surface area contributed by atoms with Gasteiger partial charge >= 0.3 is 5.97 Å². The quantitative estimate of drug-likeness (QED) is 0.327. The molecule has 1 aliphatic rings. The van der Waals surface area contributed by atoms with Crippen LogP contribution in [0.25, 0.3) is 21.7 Å². The Morgan fingerprint density at radius 1 is 1.09 bits per heavy atom. The number of ether oxygens (including phenoxy) is 1. The Morgan fingerprint density at radius 3 is 2.73 bits per heavy atom. The summed E-state index contributed by atoms with van der Waals surface area (Å²) in [6, 6.07) is 17.1. The lowest BCUT2D eigenvalue weighted by Gasteiger charge is -2.16. The van der Waals surface area contributed by atoms with Crippen LogP contribution >= 0.6 is 0 Å². The largest absolute Gasteiger partial charge is 0.464 e. The SMILES string of the molecule is CC(=O)N1CCc2cc(C(=O)C(C)OC(=O)Cc3coc4ccc5ccccc5c34)ccc21. The fourth-order valence-electron chi connectivity index (χ4n) is 4.57. The van der Waals surface area contributed by atoms with Crippen LogP contribution in [0.4, 0.5) is 5.69 Å². The van der Waals surface area contributed by atoms with Gasteiger partial charge < -0.3 is 14.1 Å². The van der Waals surface area contributed by atoms with Crippen molar-refractivity contribution in [2.24, 2.45) is 0 Å². The lowest BCUT2D eigenvalue weighted by molar-refractivity contribution is -0.145. The number of amides is 1. The van der Waals surface area contributed by atoms with Crippen molar-refractivity contribution in [2.75, 3.05) is 11.4 Å². The Labute approximate surface area is 190 Å². The van der Waals surface area contributed by atoms with Crippen molar-refractivity contribution in [3.63, 3.8) is 0 Å². The molecule has 0 fully saturated rings. The highest BCUT2D eigenvalue weighted by Gasteiger charge is 2.26. The highest BCUT2D eigenvalue weighted by molar-refractivity contribution is 6.08. The van der Waals surface area contributed by atoms with Crippen LogP contribution in [0, 0.1) is 0 Å². The van der Waals surface area contributed by atoms with E-state index >= 15 is 0 Å². The van der Waals surface area contributed by atoms with Crippen LogP contribution in [0.1, 0.15) is 35.3 Å². The summed E-state index contributed by atoms with van der Waals surface area (Å²) in [5.74, 6) is -0.778. The number of carbonyl (C=O) groups is 3. The molecule has 0 radical (unpaired) electrons. The molecule has 0 bridgehead atoms. The lowest BCUT2D eigenvalue weighted by Crippen LogP contribution is -2.26. The molecule has 0 aliphatic carbocycles. The second-order valence-corrected chi connectivity index (χ2v) is 8.36. The zero-order valence-electron chi connectivity index (χ0n) is 18.5. The topological polar surface area (TPSA) is 76.8 Å². The number of carbonyl (C=O) groups excluding carboxylic acids is 3. The zero-order valence-corrected chi connectivity index (χ0v) is 18.5. The predicted molar refractivity (Wildman–Crippen MR) is 125 cm³/mol. The summed E-state index contributed by atoms with van der Waals surface area (Å²) in [5, 5.41) is 2.95. The molecule has 1 aromatic heterocycles. The predicted octanol–water partition coefficient (Wildman–Crippen LogP) is 4.85. The van der Waals surface area contributed by atoms with Crippen LogP contribution < -0.4 is 4.90 Å². The molecule has 0 saturated carbocycles. The molecule has 1 aliphatic heterocycles. The van der Waals surface area contributed by atoms with Gasteiger partial charge in [-0.2, -0.15) is 0 Å². The van der Waals surface area contributed by atoms with Gasteiger partial charge in [0.1, 0.15) is 5.58 Å². The number of hydrogen-bond acceptors (Lipinski definition) is 5. The number of ketones is 1. The van der Waals surface area contributed by atoms with Crippen molar-refractivity contribution in [3.05, 3.63) is 77.6 Å². The fraction of sp³-hybridized carbons (Fsp3) is 0.222. The van der Waals surface area contributed by atoms with E-state index < -0.39 is 12.1 Å². The maximum Gasteiger partial charge on any atom is 0.311 e. The highest BCUT2D eigenvalue weighted by Crippen LogP contribution is 2.31. The normalized spacial score (nSPS) is 13.8. The van der Waals surface area contributed by atoms with E-state index in [1.807, 2.05) is 36.4 Å². The summed E-state index contributed by atoms with van der Waals surface area (Å²) in [5.41, 5.74) is 3.69. The van der Waals surface area contributed by atoms with Gasteiger partial charge in [-0.05, 0) is 53.9 Å². The van der Waals surface area contributed by atoms with E-state index in [9.17, 15) is 14.4 Å². The molecule has 1 amide bonds. The summed E-state index contributed by atoms with van der Waals surface area (Å²) in [4.78, 5) is 39.0. The number of nitrogens with zero attached hydrogens (tertiary/aromatic N) is 1. The van der Waals surface area contributed by atoms with E-state index in [1.54, 1.807) is 36.3 Å². The van der Waals surface area contributed by atoms with Gasteiger partial charge in [0, 0.05) is 35.7 Å². The van der Waals surface area contributed by atoms with Crippen LogP contribution in [-0.2, 0) is 27.2 Å². The number of hydrogen-bond donors (Lipinski definition) is 0. The minimum absolute atomic E-state index is 0.0103. The van der Waals surface area contributed by atoms with Gasteiger partial charge in [-0.3, -0.25) is 14.4 Å². The van der Waals surface area contributed by atoms with Crippen LogP contribution in [0.15, 0.2) is 65.3 Å². The van der Waals surface area contributed by atoms with Crippen molar-refractivity contribution in [1.82, 2.24) is 0 Å². The van der Waals surface area contributed by atoms with Crippen molar-refractivity contribution >= 4 is 45.1 Å². The highest BCUT2D eigenvalue weighted by atomic mass is 16.5. The molecule has 0 saturated heterocycles. The molecule has 0 N–H and O–H groups in total. The zero-order chi connectivity index (χ0) is 23.1. The van der Waals surface area contributed by atoms with Crippen molar-refractivity contribution in [3.8, 4) is 0 Å². The molecule has 166 valence electrons. The average Bonchev–Trinajstić information content (AvgIpc) is 3.42. The first-order valence-corrected chi connectivity index (χ1v) is 10.9. The minimum atomic E-state index is -0.921. The van der Waals surface area contributed by atoms with Gasteiger partial charge in [0.05, 0.1) is 12.7 Å². The van der Waals surface area contributed by atoms with Gasteiger partial charge in [-0.15, -0.1) is 0 Å². The number of anilines is 1. The van der Waals surface area contributed by atoms with Crippen molar-refractivity contribution in [1.29, 1.82) is 0 Å². The maximum absolute atomic E-state index is 12.9. The fourth-order valence-corrected chi connectivity index (χ4v) is 4.57. The molecular weight excluding hydrogens is 418 g/mol. The number of furan rings is 1. The van der Waals surface area contributed by atoms with Gasteiger partial charge in [-0.1, -0.05) is 30.3 Å². The second kappa shape index (κ2) is 8.20. The minimum Gasteiger partial charge on any atom is -0.464 e. The van der Waals surface area contributed by atoms with E-state index in [4.69, 9.17) is 9.15 Å². The lowest BCUT2D eigenvalue weighted by atomic mass is 10.0. The summed E-state index contributed by atoms with van der Waals surface area (Å²) < 4.78 is 11.1. The Hall–Kier alpha value is -3.93. The summed E-state index contributed by atoms with van der Waals surface area (Å²) >= 11 is 0. The first-order valence-electron chi connectivity index (χ1n) is 10.9. The smallest absolute Gasteiger partial charge is 0.311 e. The number of rotatable bonds is 5. The second-order valence-electron chi connectivity index (χ2n) is 8.36. The Morgan fingerprint density at radius 2 is 1.91 bits per heavy atom. The van der Waals surface area contributed by atoms with E-state index in [1.165, 1.54) is 6.92 Å². The first kappa shape index (κ1) is 20.9. The van der Waals surface area contributed by atoms with Gasteiger partial charge in [-0.25, -0.2) is 0 Å². The van der Waals surface area contributed by atoms with Crippen LogP contribution in [0.3, 0.4) is 0 Å². The van der Waals surface area contributed by atoms with Crippen LogP contribution in [-0.4, -0.2) is 30.3 Å². The van der Waals surface area contributed by atoms with E-state index in [0.717, 1.165) is 33.0 Å². The number of benzene rings is 3. The van der Waals surface area contributed by atoms with Gasteiger partial charge in [0.15, 0.2) is 6.10 Å². The third kappa shape index (κ3) is 3.78. The molecule has 6 heteroatoms. The van der Waals surface area contributed by atoms with Crippen molar-refractivity contribution in [2.45, 2.75) is 32.8 Å². The summed E-state index contributed by atoms with van der Waals surface area (Å²) in [6.45, 7) is 3.72. The molecule has 3 aromatic carbocycles. The molecule has 33 heavy (non-hydrogen) atoms. The molecular formula is C27H23NO5. The molecule has 1 atom stereocenters. The first-order chi connectivity index (χ1) is 15.9. The third-order valence-corrected chi connectivity index (χ3v) is 6.19. The summed E-state index contributed by atoms with van der Waals surface area (Å²) in [7, 11) is 0. The van der Waals surface area contributed by atoms with Gasteiger partial charge in [0.2, 0.25) is 11.7 Å². The van der Waals surface area contributed by atoms with E-state index in [2.05, 4.69) is 0 Å². The number of esters is 1. The standard InChI is InChI=1S/C27H23NO5/c1-16(27(31)20-7-9-23-19(13-20)11-12-28(23)17(2)29)33-25(30)14-21-15-32-24-10-8-18-5-3-4-6-22(18)26(21)24/h3-10,13,15-16H,11-12,14H2,1-2H3. The number of Topliss-reactive ketones (excluding diaryl/α,β-unsaturated/α-hetero) is 1.